The van der Waals surface area contributed by atoms with Crippen molar-refractivity contribution in [3.63, 3.8) is 0 Å². The Kier molecular flexibility index (Phi) is 6.49. The van der Waals surface area contributed by atoms with Gasteiger partial charge in [0.25, 0.3) is 0 Å². The number of hydrogen-bond acceptors (Lipinski definition) is 6. The van der Waals surface area contributed by atoms with Gasteiger partial charge in [-0.15, -0.1) is 0 Å². The molecular weight excluding hydrogens is 336 g/mol. The molecule has 0 spiro atoms. The highest BCUT2D eigenvalue weighted by atomic mass is 16.6. The normalized spacial score (nSPS) is 11.3. The quantitative estimate of drug-likeness (QED) is 0.560. The molecule has 2 aromatic rings. The van der Waals surface area contributed by atoms with Crippen LogP contribution in [0.1, 0.15) is 40.1 Å². The molecular formula is C20H20O6. The molecule has 0 amide bonds. The predicted molar refractivity (Wildman–Crippen MR) is 94.1 cm³/mol. The summed E-state index contributed by atoms with van der Waals surface area (Å²) in [6.07, 6.45) is -0.799. The van der Waals surface area contributed by atoms with Crippen molar-refractivity contribution in [3.8, 4) is 5.75 Å². The lowest BCUT2D eigenvalue weighted by Gasteiger charge is -2.14. The van der Waals surface area contributed by atoms with Gasteiger partial charge in [0.15, 0.2) is 11.9 Å². The number of benzene rings is 2. The van der Waals surface area contributed by atoms with Crippen LogP contribution in [-0.2, 0) is 20.9 Å². The summed E-state index contributed by atoms with van der Waals surface area (Å²) in [7, 11) is 1.31. The number of carbonyl (C=O) groups is 3. The third-order valence-corrected chi connectivity index (χ3v) is 3.66. The van der Waals surface area contributed by atoms with Crippen LogP contribution < -0.4 is 4.74 Å². The zero-order valence-corrected chi connectivity index (χ0v) is 14.9. The van der Waals surface area contributed by atoms with E-state index in [4.69, 9.17) is 9.47 Å². The van der Waals surface area contributed by atoms with Gasteiger partial charge >= 0.3 is 11.9 Å². The maximum absolute atomic E-state index is 12.0. The van der Waals surface area contributed by atoms with E-state index in [1.165, 1.54) is 14.0 Å². The first-order valence-electron chi connectivity index (χ1n) is 8.02. The third-order valence-electron chi connectivity index (χ3n) is 3.66. The molecule has 6 nitrogen and oxygen atoms in total. The number of methoxy groups -OCH3 is 1. The molecule has 1 atom stereocenters. The second-order valence-electron chi connectivity index (χ2n) is 5.64. The molecule has 0 N–H and O–H groups in total. The zero-order valence-electron chi connectivity index (χ0n) is 14.9. The molecule has 0 bridgehead atoms. The first-order chi connectivity index (χ1) is 12.4. The molecule has 0 saturated carbocycles. The topological polar surface area (TPSA) is 78.9 Å². The van der Waals surface area contributed by atoms with Gasteiger partial charge in [0.05, 0.1) is 12.7 Å². The predicted octanol–water partition coefficient (Wildman–Crippen LogP) is 3.19. The van der Waals surface area contributed by atoms with Crippen LogP contribution in [0, 0.1) is 0 Å². The van der Waals surface area contributed by atoms with Gasteiger partial charge in [0, 0.05) is 5.56 Å². The maximum atomic E-state index is 12.0. The fourth-order valence-electron chi connectivity index (χ4n) is 2.15. The number of ketones is 1. The molecule has 0 aliphatic rings. The molecule has 0 aliphatic carbocycles. The second kappa shape index (κ2) is 8.80. The van der Waals surface area contributed by atoms with Gasteiger partial charge in [-0.3, -0.25) is 4.79 Å². The summed E-state index contributed by atoms with van der Waals surface area (Å²) in [5.41, 5.74) is 1.74. The average molecular weight is 356 g/mol. The van der Waals surface area contributed by atoms with Crippen molar-refractivity contribution in [1.82, 2.24) is 0 Å². The Labute approximate surface area is 151 Å². The molecule has 0 aromatic heterocycles. The SMILES string of the molecule is COC(=O)c1ccc(COC(=O)C(C)Oc2ccc(C(C)=O)cc2)cc1. The lowest BCUT2D eigenvalue weighted by atomic mass is 10.1. The van der Waals surface area contributed by atoms with Crippen LogP contribution in [0.3, 0.4) is 0 Å². The highest BCUT2D eigenvalue weighted by Gasteiger charge is 2.17. The summed E-state index contributed by atoms with van der Waals surface area (Å²) >= 11 is 0. The van der Waals surface area contributed by atoms with Gasteiger partial charge < -0.3 is 14.2 Å². The first-order valence-corrected chi connectivity index (χ1v) is 8.02. The number of ether oxygens (including phenoxy) is 3. The number of carbonyl (C=O) groups excluding carboxylic acids is 3. The summed E-state index contributed by atoms with van der Waals surface area (Å²) in [5.74, 6) is -0.506. The van der Waals surface area contributed by atoms with Crippen molar-refractivity contribution < 1.29 is 28.6 Å². The van der Waals surface area contributed by atoms with Crippen molar-refractivity contribution in [1.29, 1.82) is 0 Å². The van der Waals surface area contributed by atoms with Gasteiger partial charge in [0.2, 0.25) is 0 Å². The van der Waals surface area contributed by atoms with Crippen LogP contribution >= 0.6 is 0 Å². The van der Waals surface area contributed by atoms with Crippen molar-refractivity contribution in [3.05, 3.63) is 65.2 Å². The zero-order chi connectivity index (χ0) is 19.1. The Morgan fingerprint density at radius 2 is 1.50 bits per heavy atom. The van der Waals surface area contributed by atoms with Crippen LogP contribution in [0.25, 0.3) is 0 Å². The van der Waals surface area contributed by atoms with Crippen LogP contribution in [0.15, 0.2) is 48.5 Å². The Morgan fingerprint density at radius 1 is 0.923 bits per heavy atom. The summed E-state index contributed by atoms with van der Waals surface area (Å²) < 4.78 is 15.4. The van der Waals surface area contributed by atoms with E-state index < -0.39 is 18.0 Å². The Bertz CT molecular complexity index is 777. The molecule has 2 aromatic carbocycles. The van der Waals surface area contributed by atoms with Crippen molar-refractivity contribution in [2.75, 3.05) is 7.11 Å². The number of esters is 2. The van der Waals surface area contributed by atoms with Gasteiger partial charge in [-0.25, -0.2) is 9.59 Å². The number of Topliss-reactive ketones (excluding diaryl/α,β-unsaturated/α-hetero) is 1. The fraction of sp³-hybridized carbons (Fsp3) is 0.250. The summed E-state index contributed by atoms with van der Waals surface area (Å²) in [6.45, 7) is 3.13. The minimum absolute atomic E-state index is 0.0396. The third kappa shape index (κ3) is 5.17. The molecule has 2 rings (SSSR count). The van der Waals surface area contributed by atoms with Gasteiger partial charge in [0.1, 0.15) is 12.4 Å². The highest BCUT2D eigenvalue weighted by Crippen LogP contribution is 2.15. The summed E-state index contributed by atoms with van der Waals surface area (Å²) in [6, 6.07) is 13.1. The molecule has 0 radical (unpaired) electrons. The van der Waals surface area contributed by atoms with Crippen LogP contribution in [0.5, 0.6) is 5.75 Å². The molecule has 0 heterocycles. The largest absolute Gasteiger partial charge is 0.479 e. The lowest BCUT2D eigenvalue weighted by molar-refractivity contribution is -0.152. The average Bonchev–Trinajstić information content (AvgIpc) is 2.66. The van der Waals surface area contributed by atoms with E-state index in [2.05, 4.69) is 4.74 Å². The number of rotatable bonds is 7. The number of hydrogen-bond donors (Lipinski definition) is 0. The maximum Gasteiger partial charge on any atom is 0.347 e. The summed E-state index contributed by atoms with van der Waals surface area (Å²) in [4.78, 5) is 34.7. The lowest BCUT2D eigenvalue weighted by Crippen LogP contribution is -2.26. The van der Waals surface area contributed by atoms with Crippen LogP contribution in [0.4, 0.5) is 0 Å². The standard InChI is InChI=1S/C20H20O6/c1-13(21)16-8-10-18(11-9-16)26-14(2)19(22)25-12-15-4-6-17(7-5-15)20(23)24-3/h4-11,14H,12H2,1-3H3. The fourth-order valence-corrected chi connectivity index (χ4v) is 2.15. The van der Waals surface area contributed by atoms with E-state index in [0.717, 1.165) is 5.56 Å². The van der Waals surface area contributed by atoms with E-state index in [0.29, 0.717) is 16.9 Å². The van der Waals surface area contributed by atoms with Gasteiger partial charge in [-0.05, 0) is 55.8 Å². The van der Waals surface area contributed by atoms with Crippen molar-refractivity contribution in [2.24, 2.45) is 0 Å². The van der Waals surface area contributed by atoms with Gasteiger partial charge in [-0.1, -0.05) is 12.1 Å². The van der Waals surface area contributed by atoms with E-state index in [9.17, 15) is 14.4 Å². The van der Waals surface area contributed by atoms with Crippen molar-refractivity contribution >= 4 is 17.7 Å². The molecule has 26 heavy (non-hydrogen) atoms. The van der Waals surface area contributed by atoms with Crippen molar-refractivity contribution in [2.45, 2.75) is 26.6 Å². The van der Waals surface area contributed by atoms with E-state index in [1.54, 1.807) is 55.5 Å². The molecule has 1 unspecified atom stereocenters. The Morgan fingerprint density at radius 3 is 2.04 bits per heavy atom. The minimum atomic E-state index is -0.799. The molecule has 0 aliphatic heterocycles. The van der Waals surface area contributed by atoms with Crippen LogP contribution in [-0.4, -0.2) is 30.9 Å². The smallest absolute Gasteiger partial charge is 0.347 e. The molecule has 0 fully saturated rings. The molecule has 136 valence electrons. The van der Waals surface area contributed by atoms with E-state index in [-0.39, 0.29) is 12.4 Å². The molecule has 0 saturated heterocycles. The monoisotopic (exact) mass is 356 g/mol. The Balaban J connectivity index is 1.86. The first kappa shape index (κ1) is 19.2. The van der Waals surface area contributed by atoms with Crippen LogP contribution in [0.2, 0.25) is 0 Å². The van der Waals surface area contributed by atoms with E-state index in [1.807, 2.05) is 0 Å². The van der Waals surface area contributed by atoms with Gasteiger partial charge in [-0.2, -0.15) is 0 Å². The highest BCUT2D eigenvalue weighted by molar-refractivity contribution is 5.94. The summed E-state index contributed by atoms with van der Waals surface area (Å²) in [5, 5.41) is 0. The minimum Gasteiger partial charge on any atom is -0.479 e. The van der Waals surface area contributed by atoms with E-state index >= 15 is 0 Å². The molecule has 6 heteroatoms. The Hall–Kier alpha value is -3.15. The second-order valence-corrected chi connectivity index (χ2v) is 5.64.